The SMILES string of the molecule is O=C(CCN1Cc2ccccc2C1)c1ccc(O)c(O)c1. The minimum absolute atomic E-state index is 0.0266. The second-order valence-corrected chi connectivity index (χ2v) is 5.36. The number of hydrogen-bond acceptors (Lipinski definition) is 4. The molecule has 0 unspecified atom stereocenters. The number of benzene rings is 2. The van der Waals surface area contributed by atoms with E-state index in [0.29, 0.717) is 18.5 Å². The summed E-state index contributed by atoms with van der Waals surface area (Å²) in [6.07, 6.45) is 0.401. The van der Waals surface area contributed by atoms with Gasteiger partial charge in [0.1, 0.15) is 0 Å². The number of phenols is 2. The average molecular weight is 283 g/mol. The molecule has 0 radical (unpaired) electrons. The molecule has 0 fully saturated rings. The Bertz CT molecular complexity index is 656. The first-order chi connectivity index (χ1) is 10.1. The van der Waals surface area contributed by atoms with Gasteiger partial charge >= 0.3 is 0 Å². The monoisotopic (exact) mass is 283 g/mol. The van der Waals surface area contributed by atoms with Crippen molar-refractivity contribution in [2.75, 3.05) is 6.54 Å². The fourth-order valence-corrected chi connectivity index (χ4v) is 2.66. The fraction of sp³-hybridized carbons (Fsp3) is 0.235. The van der Waals surface area contributed by atoms with Crippen molar-refractivity contribution in [2.45, 2.75) is 19.5 Å². The summed E-state index contributed by atoms with van der Waals surface area (Å²) in [6.45, 7) is 2.45. The zero-order valence-electron chi connectivity index (χ0n) is 11.6. The quantitative estimate of drug-likeness (QED) is 0.669. The van der Waals surface area contributed by atoms with E-state index in [1.807, 2.05) is 12.1 Å². The summed E-state index contributed by atoms with van der Waals surface area (Å²) in [5.74, 6) is -0.489. The molecule has 0 amide bonds. The molecule has 4 nitrogen and oxygen atoms in total. The predicted molar refractivity (Wildman–Crippen MR) is 79.3 cm³/mol. The molecule has 0 saturated carbocycles. The van der Waals surface area contributed by atoms with Crippen molar-refractivity contribution in [3.05, 3.63) is 59.2 Å². The Hall–Kier alpha value is -2.33. The molecule has 0 aromatic heterocycles. The third-order valence-corrected chi connectivity index (χ3v) is 3.86. The van der Waals surface area contributed by atoms with Crippen molar-refractivity contribution in [3.8, 4) is 11.5 Å². The average Bonchev–Trinajstić information content (AvgIpc) is 2.90. The maximum Gasteiger partial charge on any atom is 0.164 e. The van der Waals surface area contributed by atoms with Gasteiger partial charge in [0.2, 0.25) is 0 Å². The molecule has 0 spiro atoms. The molecule has 1 heterocycles. The van der Waals surface area contributed by atoms with Crippen molar-refractivity contribution < 1.29 is 15.0 Å². The molecule has 2 aromatic carbocycles. The lowest BCUT2D eigenvalue weighted by atomic mass is 10.1. The Morgan fingerprint density at radius 1 is 1.00 bits per heavy atom. The molecule has 21 heavy (non-hydrogen) atoms. The number of phenolic OH excluding ortho intramolecular Hbond substituents is 2. The summed E-state index contributed by atoms with van der Waals surface area (Å²) in [4.78, 5) is 14.4. The summed E-state index contributed by atoms with van der Waals surface area (Å²) < 4.78 is 0. The predicted octanol–water partition coefficient (Wildman–Crippen LogP) is 2.69. The molecule has 2 aromatic rings. The van der Waals surface area contributed by atoms with Crippen LogP contribution in [0.25, 0.3) is 0 Å². The Balaban J connectivity index is 1.59. The van der Waals surface area contributed by atoms with E-state index in [0.717, 1.165) is 13.1 Å². The van der Waals surface area contributed by atoms with Crippen LogP contribution in [-0.4, -0.2) is 27.4 Å². The lowest BCUT2D eigenvalue weighted by molar-refractivity contribution is 0.0963. The number of fused-ring (bicyclic) bond motifs is 1. The van der Waals surface area contributed by atoms with Crippen LogP contribution in [0.1, 0.15) is 27.9 Å². The number of aromatic hydroxyl groups is 2. The Morgan fingerprint density at radius 2 is 1.67 bits per heavy atom. The van der Waals surface area contributed by atoms with E-state index in [4.69, 9.17) is 0 Å². The Morgan fingerprint density at radius 3 is 2.29 bits per heavy atom. The second-order valence-electron chi connectivity index (χ2n) is 5.36. The number of Topliss-reactive ketones (excluding diaryl/α,β-unsaturated/α-hetero) is 1. The highest BCUT2D eigenvalue weighted by Crippen LogP contribution is 2.26. The van der Waals surface area contributed by atoms with Crippen LogP contribution < -0.4 is 0 Å². The summed E-state index contributed by atoms with van der Waals surface area (Å²) >= 11 is 0. The summed E-state index contributed by atoms with van der Waals surface area (Å²) in [6, 6.07) is 12.5. The third kappa shape index (κ3) is 2.90. The van der Waals surface area contributed by atoms with Crippen LogP contribution in [0, 0.1) is 0 Å². The maximum absolute atomic E-state index is 12.1. The van der Waals surface area contributed by atoms with Crippen molar-refractivity contribution >= 4 is 5.78 Å². The van der Waals surface area contributed by atoms with E-state index in [2.05, 4.69) is 17.0 Å². The van der Waals surface area contributed by atoms with Gasteiger partial charge in [0.05, 0.1) is 0 Å². The minimum atomic E-state index is -0.255. The Kier molecular flexibility index (Phi) is 3.62. The van der Waals surface area contributed by atoms with Gasteiger partial charge in [0.15, 0.2) is 17.3 Å². The van der Waals surface area contributed by atoms with E-state index in [9.17, 15) is 15.0 Å². The Labute approximate surface area is 123 Å². The standard InChI is InChI=1S/C17H17NO3/c19-15(12-5-6-16(20)17(21)9-12)7-8-18-10-13-3-1-2-4-14(13)11-18/h1-6,9,20-21H,7-8,10-11H2. The van der Waals surface area contributed by atoms with Gasteiger partial charge in [-0.2, -0.15) is 0 Å². The maximum atomic E-state index is 12.1. The molecule has 0 saturated heterocycles. The largest absolute Gasteiger partial charge is 0.504 e. The molecule has 1 aliphatic rings. The zero-order chi connectivity index (χ0) is 14.8. The minimum Gasteiger partial charge on any atom is -0.504 e. The van der Waals surface area contributed by atoms with E-state index in [1.165, 1.54) is 29.3 Å². The number of rotatable bonds is 4. The number of nitrogens with zero attached hydrogens (tertiary/aromatic N) is 1. The molecule has 4 heteroatoms. The van der Waals surface area contributed by atoms with Gasteiger partial charge in [-0.3, -0.25) is 9.69 Å². The lowest BCUT2D eigenvalue weighted by Crippen LogP contribution is -2.20. The molecule has 108 valence electrons. The van der Waals surface area contributed by atoms with Crippen LogP contribution in [0.5, 0.6) is 11.5 Å². The van der Waals surface area contributed by atoms with Gasteiger partial charge < -0.3 is 10.2 Å². The molecule has 3 rings (SSSR count). The highest BCUT2D eigenvalue weighted by Gasteiger charge is 2.19. The van der Waals surface area contributed by atoms with Crippen LogP contribution in [0.2, 0.25) is 0 Å². The molecule has 0 aliphatic carbocycles. The molecule has 0 atom stereocenters. The van der Waals surface area contributed by atoms with Crippen LogP contribution in [0.4, 0.5) is 0 Å². The molecule has 0 bridgehead atoms. The molecular formula is C17H17NO3. The van der Waals surface area contributed by atoms with E-state index in [-0.39, 0.29) is 17.3 Å². The van der Waals surface area contributed by atoms with Gasteiger partial charge in [-0.15, -0.1) is 0 Å². The van der Waals surface area contributed by atoms with E-state index in [1.54, 1.807) is 0 Å². The lowest BCUT2D eigenvalue weighted by Gasteiger charge is -2.14. The van der Waals surface area contributed by atoms with Crippen LogP contribution >= 0.6 is 0 Å². The van der Waals surface area contributed by atoms with Gasteiger partial charge in [0, 0.05) is 31.6 Å². The first-order valence-corrected chi connectivity index (χ1v) is 6.98. The first kappa shape index (κ1) is 13.6. The normalized spacial score (nSPS) is 14.1. The topological polar surface area (TPSA) is 60.8 Å². The number of carbonyl (C=O) groups is 1. The second kappa shape index (κ2) is 5.58. The molecule has 2 N–H and O–H groups in total. The van der Waals surface area contributed by atoms with Crippen molar-refractivity contribution in [1.29, 1.82) is 0 Å². The number of ketones is 1. The van der Waals surface area contributed by atoms with E-state index >= 15 is 0 Å². The van der Waals surface area contributed by atoms with Gasteiger partial charge in [-0.25, -0.2) is 0 Å². The molecular weight excluding hydrogens is 266 g/mol. The summed E-state index contributed by atoms with van der Waals surface area (Å²) in [7, 11) is 0. The third-order valence-electron chi connectivity index (χ3n) is 3.86. The van der Waals surface area contributed by atoms with Crippen molar-refractivity contribution in [3.63, 3.8) is 0 Å². The summed E-state index contributed by atoms with van der Waals surface area (Å²) in [5, 5.41) is 18.7. The van der Waals surface area contributed by atoms with Gasteiger partial charge in [0.25, 0.3) is 0 Å². The molecule has 1 aliphatic heterocycles. The summed E-state index contributed by atoms with van der Waals surface area (Å²) in [5.41, 5.74) is 3.08. The van der Waals surface area contributed by atoms with Crippen LogP contribution in [0.3, 0.4) is 0 Å². The van der Waals surface area contributed by atoms with Gasteiger partial charge in [-0.05, 0) is 29.3 Å². The first-order valence-electron chi connectivity index (χ1n) is 6.98. The van der Waals surface area contributed by atoms with Crippen molar-refractivity contribution in [1.82, 2.24) is 4.90 Å². The fourth-order valence-electron chi connectivity index (χ4n) is 2.66. The number of hydrogen-bond donors (Lipinski definition) is 2. The number of carbonyl (C=O) groups excluding carboxylic acids is 1. The van der Waals surface area contributed by atoms with Crippen molar-refractivity contribution in [2.24, 2.45) is 0 Å². The van der Waals surface area contributed by atoms with E-state index < -0.39 is 0 Å². The van der Waals surface area contributed by atoms with Gasteiger partial charge in [-0.1, -0.05) is 24.3 Å². The smallest absolute Gasteiger partial charge is 0.164 e. The highest BCUT2D eigenvalue weighted by molar-refractivity contribution is 5.96. The zero-order valence-corrected chi connectivity index (χ0v) is 11.6. The van der Waals surface area contributed by atoms with Crippen LogP contribution in [0.15, 0.2) is 42.5 Å². The highest BCUT2D eigenvalue weighted by atomic mass is 16.3. The van der Waals surface area contributed by atoms with Crippen LogP contribution in [-0.2, 0) is 13.1 Å².